The number of rotatable bonds is 3. The van der Waals surface area contributed by atoms with Crippen molar-refractivity contribution in [1.29, 1.82) is 0 Å². The minimum Gasteiger partial charge on any atom is -0.380 e. The van der Waals surface area contributed by atoms with E-state index >= 15 is 0 Å². The fourth-order valence-electron chi connectivity index (χ4n) is 1.04. The van der Waals surface area contributed by atoms with Crippen LogP contribution in [-0.2, 0) is 17.8 Å². The molecule has 0 bridgehead atoms. The van der Waals surface area contributed by atoms with Crippen molar-refractivity contribution in [3.05, 3.63) is 35.4 Å². The molecule has 0 spiro atoms. The Morgan fingerprint density at radius 1 is 0.867 bits per heavy atom. The second-order valence-electron chi connectivity index (χ2n) is 2.60. The summed E-state index contributed by atoms with van der Waals surface area (Å²) in [6.45, 7) is 10.9. The van der Waals surface area contributed by atoms with Crippen molar-refractivity contribution in [3.63, 3.8) is 0 Å². The van der Waals surface area contributed by atoms with E-state index < -0.39 is 0 Å². The summed E-state index contributed by atoms with van der Waals surface area (Å²) in [6, 6.07) is 8.52. The van der Waals surface area contributed by atoms with Gasteiger partial charge in [-0.15, -0.1) is 0 Å². The highest BCUT2D eigenvalue weighted by Crippen LogP contribution is 2.05. The zero-order valence-electron chi connectivity index (χ0n) is 11.1. The lowest BCUT2D eigenvalue weighted by molar-refractivity contribution is 0.185. The van der Waals surface area contributed by atoms with Crippen LogP contribution in [0.25, 0.3) is 0 Å². The van der Waals surface area contributed by atoms with Crippen molar-refractivity contribution >= 4 is 0 Å². The lowest BCUT2D eigenvalue weighted by atomic mass is 10.1. The molecule has 15 heavy (non-hydrogen) atoms. The molecule has 1 rings (SSSR count). The molecule has 0 unspecified atom stereocenters. The van der Waals surface area contributed by atoms with Crippen LogP contribution in [0, 0.1) is 0 Å². The van der Waals surface area contributed by atoms with Gasteiger partial charge in [0.1, 0.15) is 0 Å². The van der Waals surface area contributed by atoms with Gasteiger partial charge >= 0.3 is 0 Å². The first kappa shape index (κ1) is 16.6. The normalized spacial score (nSPS) is 8.13. The van der Waals surface area contributed by atoms with Gasteiger partial charge in [0.05, 0.1) is 6.61 Å². The number of ether oxygens (including phenoxy) is 1. The molecule has 1 aromatic carbocycles. The Morgan fingerprint density at radius 3 is 1.60 bits per heavy atom. The first-order valence-electron chi connectivity index (χ1n) is 5.93. The topological polar surface area (TPSA) is 9.23 Å². The van der Waals surface area contributed by atoms with Crippen molar-refractivity contribution in [2.24, 2.45) is 0 Å². The van der Waals surface area contributed by atoms with Crippen LogP contribution < -0.4 is 0 Å². The Hall–Kier alpha value is -0.820. The Bertz CT molecular complexity index is 201. The second-order valence-corrected chi connectivity index (χ2v) is 2.60. The van der Waals surface area contributed by atoms with Gasteiger partial charge < -0.3 is 4.74 Å². The summed E-state index contributed by atoms with van der Waals surface area (Å²) in [5.74, 6) is 0. The average molecular weight is 210 g/mol. The molecule has 0 N–H and O–H groups in total. The van der Waals surface area contributed by atoms with Gasteiger partial charge in [-0.05, 0) is 17.5 Å². The molecule has 0 aliphatic rings. The maximum absolute atomic E-state index is 5.00. The molecule has 0 aliphatic heterocycles. The molecule has 1 nitrogen and oxygen atoms in total. The second kappa shape index (κ2) is 13.2. The molecule has 88 valence electrons. The molecule has 0 saturated heterocycles. The Labute approximate surface area is 95.5 Å². The number of methoxy groups -OCH3 is 1. The molecule has 1 heteroatoms. The maximum Gasteiger partial charge on any atom is 0.0713 e. The van der Waals surface area contributed by atoms with E-state index in [0.29, 0.717) is 6.61 Å². The highest BCUT2D eigenvalue weighted by atomic mass is 16.5. The quantitative estimate of drug-likeness (QED) is 0.716. The van der Waals surface area contributed by atoms with Gasteiger partial charge in [0.15, 0.2) is 0 Å². The molecule has 0 radical (unpaired) electrons. The number of hydrogen-bond acceptors (Lipinski definition) is 1. The van der Waals surface area contributed by atoms with Crippen LogP contribution in [0.2, 0.25) is 0 Å². The summed E-state index contributed by atoms with van der Waals surface area (Å²) in [5.41, 5.74) is 2.62. The van der Waals surface area contributed by atoms with E-state index in [2.05, 4.69) is 31.2 Å². The third-order valence-corrected chi connectivity index (χ3v) is 1.74. The van der Waals surface area contributed by atoms with E-state index in [1.54, 1.807) is 7.11 Å². The number of benzene rings is 1. The molecule has 0 aliphatic carbocycles. The summed E-state index contributed by atoms with van der Waals surface area (Å²) in [7, 11) is 1.72. The molecule has 0 aromatic heterocycles. The van der Waals surface area contributed by atoms with Crippen LogP contribution in [0.15, 0.2) is 24.3 Å². The maximum atomic E-state index is 5.00. The van der Waals surface area contributed by atoms with Crippen LogP contribution in [0.4, 0.5) is 0 Å². The summed E-state index contributed by atoms with van der Waals surface area (Å²) < 4.78 is 5.00. The fraction of sp³-hybridized carbons (Fsp3) is 0.571. The SMILES string of the molecule is CC.CC.CCc1ccc(COC)cc1. The van der Waals surface area contributed by atoms with Gasteiger partial charge in [0.2, 0.25) is 0 Å². The lowest BCUT2D eigenvalue weighted by Gasteiger charge is -2.00. The van der Waals surface area contributed by atoms with Crippen molar-refractivity contribution in [2.75, 3.05) is 7.11 Å². The van der Waals surface area contributed by atoms with E-state index in [9.17, 15) is 0 Å². The van der Waals surface area contributed by atoms with Crippen LogP contribution >= 0.6 is 0 Å². The van der Waals surface area contributed by atoms with Gasteiger partial charge in [-0.25, -0.2) is 0 Å². The van der Waals surface area contributed by atoms with Gasteiger partial charge in [-0.2, -0.15) is 0 Å². The molecule has 0 atom stereocenters. The molecule has 0 fully saturated rings. The van der Waals surface area contributed by atoms with E-state index in [0.717, 1.165) is 6.42 Å². The van der Waals surface area contributed by atoms with Crippen LogP contribution in [0.5, 0.6) is 0 Å². The van der Waals surface area contributed by atoms with Gasteiger partial charge in [-0.1, -0.05) is 58.9 Å². The van der Waals surface area contributed by atoms with Crippen LogP contribution in [0.3, 0.4) is 0 Å². The van der Waals surface area contributed by atoms with Gasteiger partial charge in [-0.3, -0.25) is 0 Å². The van der Waals surface area contributed by atoms with Crippen molar-refractivity contribution < 1.29 is 4.74 Å². The van der Waals surface area contributed by atoms with Crippen molar-refractivity contribution in [3.8, 4) is 0 Å². The average Bonchev–Trinajstić information content (AvgIpc) is 2.36. The van der Waals surface area contributed by atoms with Gasteiger partial charge in [0, 0.05) is 7.11 Å². The Balaban J connectivity index is 0. The largest absolute Gasteiger partial charge is 0.380 e. The zero-order chi connectivity index (χ0) is 12.1. The predicted octanol–water partition coefficient (Wildman–Crippen LogP) is 4.45. The van der Waals surface area contributed by atoms with Crippen LogP contribution in [-0.4, -0.2) is 7.11 Å². The highest BCUT2D eigenvalue weighted by Gasteiger charge is 1.90. The smallest absolute Gasteiger partial charge is 0.0713 e. The number of aryl methyl sites for hydroxylation is 1. The molecular weight excluding hydrogens is 184 g/mol. The Kier molecular flexibility index (Phi) is 14.6. The lowest BCUT2D eigenvalue weighted by Crippen LogP contribution is -1.87. The highest BCUT2D eigenvalue weighted by molar-refractivity contribution is 5.21. The minimum absolute atomic E-state index is 0.712. The summed E-state index contributed by atoms with van der Waals surface area (Å²) in [4.78, 5) is 0. The van der Waals surface area contributed by atoms with E-state index in [-0.39, 0.29) is 0 Å². The monoisotopic (exact) mass is 210 g/mol. The first-order chi connectivity index (χ1) is 7.36. The predicted molar refractivity (Wildman–Crippen MR) is 69.2 cm³/mol. The van der Waals surface area contributed by atoms with E-state index in [4.69, 9.17) is 4.74 Å². The van der Waals surface area contributed by atoms with Gasteiger partial charge in [0.25, 0.3) is 0 Å². The standard InChI is InChI=1S/C10H14O.2C2H6/c1-3-9-4-6-10(7-5-9)8-11-2;2*1-2/h4-7H,3,8H2,1-2H3;2*1-2H3. The minimum atomic E-state index is 0.712. The van der Waals surface area contributed by atoms with Crippen molar-refractivity contribution in [2.45, 2.75) is 47.6 Å². The summed E-state index contributed by atoms with van der Waals surface area (Å²) in [6.07, 6.45) is 1.10. The van der Waals surface area contributed by atoms with Crippen molar-refractivity contribution in [1.82, 2.24) is 0 Å². The number of hydrogen-bond donors (Lipinski definition) is 0. The van der Waals surface area contributed by atoms with Crippen LogP contribution in [0.1, 0.15) is 45.7 Å². The molecule has 0 heterocycles. The third kappa shape index (κ3) is 8.19. The fourth-order valence-corrected chi connectivity index (χ4v) is 1.04. The van der Waals surface area contributed by atoms with E-state index in [1.807, 2.05) is 27.7 Å². The zero-order valence-corrected chi connectivity index (χ0v) is 11.1. The third-order valence-electron chi connectivity index (χ3n) is 1.74. The summed E-state index contributed by atoms with van der Waals surface area (Å²) in [5, 5.41) is 0. The first-order valence-corrected chi connectivity index (χ1v) is 5.93. The molecule has 0 amide bonds. The summed E-state index contributed by atoms with van der Waals surface area (Å²) >= 11 is 0. The van der Waals surface area contributed by atoms with E-state index in [1.165, 1.54) is 11.1 Å². The molecule has 1 aromatic rings. The molecule has 0 saturated carbocycles. The molecular formula is C14H26O. The Morgan fingerprint density at radius 2 is 1.27 bits per heavy atom.